The van der Waals surface area contributed by atoms with Gasteiger partial charge in [0.2, 0.25) is 0 Å². The summed E-state index contributed by atoms with van der Waals surface area (Å²) in [5.74, 6) is 0. The quantitative estimate of drug-likeness (QED) is 0.150. The smallest absolute Gasteiger partial charge is 0 e. The summed E-state index contributed by atoms with van der Waals surface area (Å²) in [5, 5.41) is 0. The number of halogens is 3. The van der Waals surface area contributed by atoms with Crippen molar-refractivity contribution in [3.63, 3.8) is 0 Å². The average Bonchev–Trinajstić information content (AvgIpc) is 3.94. The van der Waals surface area contributed by atoms with E-state index < -0.39 is 0 Å². The van der Waals surface area contributed by atoms with Gasteiger partial charge < -0.3 is 0 Å². The van der Waals surface area contributed by atoms with Gasteiger partial charge >= 0.3 is 99.3 Å². The SMILES string of the molecule is CP(C)[C]1[CH][CH][CH][CH]1.CP(C)[C]1[CH][CH][CH][CH]1.CP(C)[C]1[CH][CH][CH][CH]1.[CH]1[CH][CH][CH][CH]1.[CH]1[CH][CH][CH][CH]1.[CH]1[CH][CH][CH][CH]1.[Cu][I].[Cu][I].[Cu][I].[Fe].[Fe].[Fe]. The van der Waals surface area contributed by atoms with Gasteiger partial charge in [0.05, 0.1) is 0 Å². The maximum absolute atomic E-state index is 4.16. The van der Waals surface area contributed by atoms with E-state index in [1.54, 1.807) is 61.0 Å². The molecule has 12 heteroatoms. The molecule has 0 unspecified atom stereocenters. The summed E-state index contributed by atoms with van der Waals surface area (Å²) in [4.78, 5) is 0. The molecule has 6 aliphatic rings. The van der Waals surface area contributed by atoms with Crippen molar-refractivity contribution in [3.8, 4) is 0 Å². The van der Waals surface area contributed by atoms with Crippen molar-refractivity contribution in [2.24, 2.45) is 0 Å². The molecule has 0 aliphatic heterocycles. The Morgan fingerprint density at radius 2 is 0.375 bits per heavy atom. The van der Waals surface area contributed by atoms with Crippen LogP contribution in [0.3, 0.4) is 0 Å². The fourth-order valence-corrected chi connectivity index (χ4v) is 5.25. The Labute approximate surface area is 398 Å². The third-order valence-corrected chi connectivity index (χ3v) is 9.14. The molecule has 0 nitrogen and oxygen atoms in total. The van der Waals surface area contributed by atoms with E-state index in [1.165, 1.54) is 17.0 Å². The van der Waals surface area contributed by atoms with Crippen molar-refractivity contribution in [3.05, 3.63) is 190 Å². The summed E-state index contributed by atoms with van der Waals surface area (Å²) < 4.78 is 0. The first-order valence-corrected chi connectivity index (χ1v) is 29.3. The molecule has 6 fully saturated rings. The molecule has 0 saturated heterocycles. The summed E-state index contributed by atoms with van der Waals surface area (Å²) in [6.45, 7) is 13.6. The zero-order chi connectivity index (χ0) is 34.6. The predicted molar refractivity (Wildman–Crippen MR) is 224 cm³/mol. The van der Waals surface area contributed by atoms with E-state index in [1.807, 2.05) is 96.3 Å². The minimum atomic E-state index is 0. The van der Waals surface area contributed by atoms with Gasteiger partial charge in [-0.3, -0.25) is 0 Å². The molecule has 6 saturated carbocycles. The van der Waals surface area contributed by atoms with Crippen molar-refractivity contribution in [2.45, 2.75) is 0 Å². The maximum atomic E-state index is 4.16. The molecule has 282 valence electrons. The van der Waals surface area contributed by atoms with Gasteiger partial charge in [0.15, 0.2) is 0 Å². The second-order valence-corrected chi connectivity index (χ2v) is 15.9. The molecular weight excluding hydrogens is 1260 g/mol. The number of hydrogen-bond donors (Lipinski definition) is 0. The van der Waals surface area contributed by atoms with Crippen LogP contribution in [-0.2, 0) is 89.5 Å². The van der Waals surface area contributed by atoms with Crippen LogP contribution in [0.1, 0.15) is 0 Å². The predicted octanol–water partition coefficient (Wildman–Crippen LogP) is 12.0. The topological polar surface area (TPSA) is 0 Å². The number of hydrogen-bond acceptors (Lipinski definition) is 0. The second-order valence-electron chi connectivity index (χ2n) is 9.00. The Morgan fingerprint density at radius 3 is 0.438 bits per heavy atom. The first kappa shape index (κ1) is 66.4. The molecule has 30 radical (unpaired) electrons. The summed E-state index contributed by atoms with van der Waals surface area (Å²) in [6.07, 6.45) is 55.7. The van der Waals surface area contributed by atoms with Gasteiger partial charge in [-0.2, -0.15) is 0 Å². The van der Waals surface area contributed by atoms with Crippen molar-refractivity contribution >= 4 is 84.8 Å². The Hall–Kier alpha value is 6.60. The van der Waals surface area contributed by atoms with Crippen molar-refractivity contribution in [1.29, 1.82) is 0 Å². The molecule has 0 atom stereocenters. The molecule has 0 spiro atoms. The summed E-state index contributed by atoms with van der Waals surface area (Å²) >= 11 is 17.6. The van der Waals surface area contributed by atoms with Crippen molar-refractivity contribution in [1.82, 2.24) is 0 Å². The minimum absolute atomic E-state index is 0. The maximum Gasteiger partial charge on any atom is 0 e. The molecule has 0 bridgehead atoms. The van der Waals surface area contributed by atoms with Crippen molar-refractivity contribution < 1.29 is 89.5 Å². The van der Waals surface area contributed by atoms with E-state index in [2.05, 4.69) is 155 Å². The van der Waals surface area contributed by atoms with E-state index in [4.69, 9.17) is 0 Å². The second kappa shape index (κ2) is 55.7. The molecule has 0 aromatic heterocycles. The van der Waals surface area contributed by atoms with Crippen LogP contribution in [0.25, 0.3) is 0 Å². The summed E-state index contributed by atoms with van der Waals surface area (Å²) in [5.41, 5.74) is 4.50. The minimum Gasteiger partial charge on any atom is 0 e. The van der Waals surface area contributed by atoms with E-state index >= 15 is 0 Å². The molecule has 6 rings (SSSR count). The monoisotopic (exact) mass is 1310 g/mol. The zero-order valence-electron chi connectivity index (χ0n) is 27.5. The van der Waals surface area contributed by atoms with E-state index in [9.17, 15) is 0 Å². The van der Waals surface area contributed by atoms with Crippen LogP contribution in [0.5, 0.6) is 0 Å². The number of rotatable bonds is 3. The average molecular weight is 1310 g/mol. The van der Waals surface area contributed by atoms with Gasteiger partial charge in [-0.15, -0.1) is 23.8 Å². The van der Waals surface area contributed by atoms with Crippen LogP contribution in [0, 0.1) is 190 Å². The molecule has 6 aliphatic carbocycles. The fraction of sp³-hybridized carbons (Fsp3) is 0.167. The van der Waals surface area contributed by atoms with E-state index in [-0.39, 0.29) is 75.0 Å². The standard InChI is InChI=1S/3C7H10P.3C5H5.3Cu.3Fe.3HI/c3*1-8(2)7-5-3-4-6-7;3*1-2-4-5-3-1;;;;;;;;;/h3*3-6H,1-2H3;3*1-5H;;;;;;;3*1H/q;;;;;;3*+1;;;;;;/p-3. The summed E-state index contributed by atoms with van der Waals surface area (Å²) in [7, 11) is 0.424. The van der Waals surface area contributed by atoms with Crippen LogP contribution in [0.4, 0.5) is 0 Å². The van der Waals surface area contributed by atoms with Crippen LogP contribution >= 0.6 is 84.8 Å². The van der Waals surface area contributed by atoms with Gasteiger partial charge in [0.1, 0.15) is 0 Å². The Morgan fingerprint density at radius 1 is 0.271 bits per heavy atom. The molecular formula is C36H45Cu3Fe3I3P3. The first-order valence-electron chi connectivity index (χ1n) is 13.4. The molecule has 0 aromatic rings. The van der Waals surface area contributed by atoms with Crippen LogP contribution in [-0.4, -0.2) is 40.0 Å². The Kier molecular flexibility index (Phi) is 77.1. The molecule has 0 amide bonds. The van der Waals surface area contributed by atoms with E-state index in [0.717, 1.165) is 0 Å². The zero-order valence-corrected chi connectivity index (χ0v) is 42.8. The third-order valence-electron chi connectivity index (χ3n) is 5.15. The van der Waals surface area contributed by atoms with Crippen LogP contribution < -0.4 is 0 Å². The molecule has 48 heavy (non-hydrogen) atoms. The first-order chi connectivity index (χ1) is 21.9. The van der Waals surface area contributed by atoms with Crippen LogP contribution in [0.2, 0.25) is 0 Å². The van der Waals surface area contributed by atoms with Crippen LogP contribution in [0.15, 0.2) is 0 Å². The molecule has 0 aromatic carbocycles. The normalized spacial score (nSPS) is 19.4. The third kappa shape index (κ3) is 47.0. The fourth-order valence-electron chi connectivity index (χ4n) is 2.95. The molecule has 0 heterocycles. The van der Waals surface area contributed by atoms with Gasteiger partial charge in [-0.1, -0.05) is 0 Å². The van der Waals surface area contributed by atoms with E-state index in [0.29, 0.717) is 0 Å². The van der Waals surface area contributed by atoms with Gasteiger partial charge in [0.25, 0.3) is 0 Å². The van der Waals surface area contributed by atoms with Gasteiger partial charge in [0, 0.05) is 68.2 Å². The van der Waals surface area contributed by atoms with Gasteiger partial charge in [-0.25, -0.2) is 0 Å². The van der Waals surface area contributed by atoms with Crippen molar-refractivity contribution in [2.75, 3.05) is 40.0 Å². The Balaban J connectivity index is -0.000000106. The largest absolute Gasteiger partial charge is 0 e. The summed E-state index contributed by atoms with van der Waals surface area (Å²) in [6, 6.07) is 0. The molecule has 0 N–H and O–H groups in total. The van der Waals surface area contributed by atoms with Gasteiger partial charge in [-0.05, 0) is 213 Å². The Bertz CT molecular complexity index is 427.